The van der Waals surface area contributed by atoms with Gasteiger partial charge in [-0.3, -0.25) is 9.59 Å². The smallest absolute Gasteiger partial charge is 0.265 e. The van der Waals surface area contributed by atoms with Gasteiger partial charge in [0, 0.05) is 18.4 Å². The molecule has 1 heterocycles. The molecule has 6 nitrogen and oxygen atoms in total. The minimum atomic E-state index is -0.539. The minimum Gasteiger partial charge on any atom is -0.479 e. The van der Waals surface area contributed by atoms with E-state index in [4.69, 9.17) is 4.74 Å². The average molecular weight is 387 g/mol. The second kappa shape index (κ2) is 7.67. The van der Waals surface area contributed by atoms with Gasteiger partial charge in [-0.1, -0.05) is 30.3 Å². The molecule has 0 spiro atoms. The first-order valence-electron chi connectivity index (χ1n) is 9.33. The number of amides is 2. The highest BCUT2D eigenvalue weighted by atomic mass is 16.5. The number of hydrogen-bond donors (Lipinski definition) is 2. The molecule has 0 aliphatic carbocycles. The number of para-hydroxylation sites is 2. The lowest BCUT2D eigenvalue weighted by molar-refractivity contribution is -0.122. The molecule has 0 bridgehead atoms. The van der Waals surface area contributed by atoms with Crippen molar-refractivity contribution in [2.45, 2.75) is 13.0 Å². The van der Waals surface area contributed by atoms with Gasteiger partial charge in [0.2, 0.25) is 0 Å². The lowest BCUT2D eigenvalue weighted by atomic mass is 10.1. The van der Waals surface area contributed by atoms with Crippen molar-refractivity contribution in [3.05, 3.63) is 78.4 Å². The van der Waals surface area contributed by atoms with Crippen LogP contribution in [-0.2, 0) is 4.79 Å². The van der Waals surface area contributed by atoms with E-state index in [0.29, 0.717) is 22.7 Å². The van der Waals surface area contributed by atoms with Crippen molar-refractivity contribution in [2.24, 2.45) is 0 Å². The summed E-state index contributed by atoms with van der Waals surface area (Å²) in [5.41, 5.74) is 3.44. The van der Waals surface area contributed by atoms with Gasteiger partial charge in [-0.15, -0.1) is 0 Å². The summed E-state index contributed by atoms with van der Waals surface area (Å²) in [6.07, 6.45) is -0.539. The maximum absolute atomic E-state index is 13.0. The minimum absolute atomic E-state index is 0.212. The van der Waals surface area contributed by atoms with Crippen LogP contribution in [-0.4, -0.2) is 25.0 Å². The van der Waals surface area contributed by atoms with Crippen LogP contribution in [0.2, 0.25) is 0 Å². The molecule has 29 heavy (non-hydrogen) atoms. The van der Waals surface area contributed by atoms with Gasteiger partial charge in [0.1, 0.15) is 5.75 Å². The second-order valence-electron chi connectivity index (χ2n) is 6.83. The van der Waals surface area contributed by atoms with Gasteiger partial charge in [0.05, 0.1) is 16.9 Å². The molecule has 0 saturated carbocycles. The van der Waals surface area contributed by atoms with Crippen LogP contribution in [0.25, 0.3) is 0 Å². The number of benzene rings is 3. The molecule has 1 atom stereocenters. The van der Waals surface area contributed by atoms with Gasteiger partial charge in [-0.25, -0.2) is 0 Å². The third-order valence-corrected chi connectivity index (χ3v) is 4.82. The zero-order valence-electron chi connectivity index (χ0n) is 16.2. The van der Waals surface area contributed by atoms with E-state index < -0.39 is 6.10 Å². The molecular weight excluding hydrogens is 366 g/mol. The summed E-state index contributed by atoms with van der Waals surface area (Å²) in [5.74, 6) is 0.134. The van der Waals surface area contributed by atoms with E-state index in [9.17, 15) is 9.59 Å². The lowest BCUT2D eigenvalue weighted by Crippen LogP contribution is -2.34. The first-order chi connectivity index (χ1) is 14.0. The first kappa shape index (κ1) is 18.6. The maximum Gasteiger partial charge on any atom is 0.265 e. The van der Waals surface area contributed by atoms with Gasteiger partial charge >= 0.3 is 0 Å². The van der Waals surface area contributed by atoms with E-state index in [0.717, 1.165) is 11.4 Å². The van der Waals surface area contributed by atoms with Crippen molar-refractivity contribution >= 4 is 34.6 Å². The molecule has 0 aromatic heterocycles. The normalized spacial score (nSPS) is 15.0. The Hall–Kier alpha value is -3.80. The number of anilines is 4. The Morgan fingerprint density at radius 3 is 2.55 bits per heavy atom. The fourth-order valence-corrected chi connectivity index (χ4v) is 3.23. The zero-order valence-corrected chi connectivity index (χ0v) is 16.2. The summed E-state index contributed by atoms with van der Waals surface area (Å²) >= 11 is 0. The van der Waals surface area contributed by atoms with Gasteiger partial charge in [0.15, 0.2) is 6.10 Å². The number of carbonyl (C=O) groups excluding carboxylic acids is 2. The zero-order chi connectivity index (χ0) is 20.4. The van der Waals surface area contributed by atoms with Crippen LogP contribution in [0.15, 0.2) is 72.8 Å². The highest BCUT2D eigenvalue weighted by Crippen LogP contribution is 2.33. The summed E-state index contributed by atoms with van der Waals surface area (Å²) in [6, 6.07) is 22.5. The van der Waals surface area contributed by atoms with E-state index in [-0.39, 0.29) is 11.8 Å². The van der Waals surface area contributed by atoms with Crippen molar-refractivity contribution < 1.29 is 14.3 Å². The van der Waals surface area contributed by atoms with Crippen LogP contribution in [0, 0.1) is 0 Å². The molecule has 3 aromatic carbocycles. The van der Waals surface area contributed by atoms with E-state index in [2.05, 4.69) is 10.6 Å². The molecule has 146 valence electrons. The van der Waals surface area contributed by atoms with E-state index >= 15 is 0 Å². The molecule has 0 unspecified atom stereocenters. The SMILES string of the molecule is C[C@@H]1Oc2ccc(NC(=O)c3ccccc3N(C)c3ccccc3)cc2NC1=O. The van der Waals surface area contributed by atoms with Gasteiger partial charge in [0.25, 0.3) is 11.8 Å². The highest BCUT2D eigenvalue weighted by molar-refractivity contribution is 6.09. The Morgan fingerprint density at radius 1 is 1.03 bits per heavy atom. The van der Waals surface area contributed by atoms with E-state index in [1.807, 2.05) is 60.5 Å². The van der Waals surface area contributed by atoms with Crippen LogP contribution in [0.1, 0.15) is 17.3 Å². The van der Waals surface area contributed by atoms with Crippen molar-refractivity contribution in [1.29, 1.82) is 0 Å². The summed E-state index contributed by atoms with van der Waals surface area (Å²) in [6.45, 7) is 1.69. The third-order valence-electron chi connectivity index (χ3n) is 4.82. The van der Waals surface area contributed by atoms with Gasteiger partial charge in [-0.05, 0) is 49.4 Å². The highest BCUT2D eigenvalue weighted by Gasteiger charge is 2.24. The average Bonchev–Trinajstić information content (AvgIpc) is 2.75. The van der Waals surface area contributed by atoms with Crippen LogP contribution in [0.3, 0.4) is 0 Å². The Kier molecular flexibility index (Phi) is 4.91. The molecule has 0 fully saturated rings. The molecule has 0 saturated heterocycles. The molecule has 2 amide bonds. The summed E-state index contributed by atoms with van der Waals surface area (Å²) in [4.78, 5) is 26.8. The van der Waals surface area contributed by atoms with Crippen molar-refractivity contribution in [3.63, 3.8) is 0 Å². The number of nitrogens with zero attached hydrogens (tertiary/aromatic N) is 1. The number of nitrogens with one attached hydrogen (secondary N) is 2. The lowest BCUT2D eigenvalue weighted by Gasteiger charge is -2.24. The van der Waals surface area contributed by atoms with E-state index in [1.165, 1.54) is 0 Å². The molecule has 4 rings (SSSR count). The molecule has 2 N–H and O–H groups in total. The number of rotatable bonds is 4. The number of fused-ring (bicyclic) bond motifs is 1. The van der Waals surface area contributed by atoms with Crippen LogP contribution < -0.4 is 20.3 Å². The Bertz CT molecular complexity index is 1070. The standard InChI is InChI=1S/C23H21N3O3/c1-15-22(27)25-19-14-16(12-13-21(19)29-15)24-23(28)18-10-6-7-11-20(18)26(2)17-8-4-3-5-9-17/h3-15H,1-2H3,(H,24,28)(H,25,27)/t15-/m0/s1. The van der Waals surface area contributed by atoms with Crippen molar-refractivity contribution in [2.75, 3.05) is 22.6 Å². The van der Waals surface area contributed by atoms with Crippen molar-refractivity contribution in [3.8, 4) is 5.75 Å². The van der Waals surface area contributed by atoms with Crippen LogP contribution >= 0.6 is 0 Å². The number of carbonyl (C=O) groups is 2. The fourth-order valence-electron chi connectivity index (χ4n) is 3.23. The van der Waals surface area contributed by atoms with Gasteiger partial charge in [-0.2, -0.15) is 0 Å². The summed E-state index contributed by atoms with van der Waals surface area (Å²) in [7, 11) is 1.92. The fraction of sp³-hybridized carbons (Fsp3) is 0.130. The predicted octanol–water partition coefficient (Wildman–Crippen LogP) is 4.43. The topological polar surface area (TPSA) is 70.7 Å². The van der Waals surface area contributed by atoms with Crippen LogP contribution in [0.5, 0.6) is 5.75 Å². The number of hydrogen-bond acceptors (Lipinski definition) is 4. The maximum atomic E-state index is 13.0. The second-order valence-corrected chi connectivity index (χ2v) is 6.83. The molecule has 6 heteroatoms. The van der Waals surface area contributed by atoms with Gasteiger partial charge < -0.3 is 20.3 Å². The predicted molar refractivity (Wildman–Crippen MR) is 114 cm³/mol. The Morgan fingerprint density at radius 2 is 1.76 bits per heavy atom. The number of ether oxygens (including phenoxy) is 1. The Balaban J connectivity index is 1.59. The molecule has 0 radical (unpaired) electrons. The van der Waals surface area contributed by atoms with Crippen molar-refractivity contribution in [1.82, 2.24) is 0 Å². The summed E-state index contributed by atoms with van der Waals surface area (Å²) < 4.78 is 5.56. The molecule has 1 aliphatic heterocycles. The quantitative estimate of drug-likeness (QED) is 0.695. The monoisotopic (exact) mass is 387 g/mol. The first-order valence-corrected chi connectivity index (χ1v) is 9.33. The summed E-state index contributed by atoms with van der Waals surface area (Å²) in [5, 5.41) is 5.70. The third kappa shape index (κ3) is 3.78. The van der Waals surface area contributed by atoms with Crippen LogP contribution in [0.4, 0.5) is 22.7 Å². The molecule has 3 aromatic rings. The largest absolute Gasteiger partial charge is 0.479 e. The van der Waals surface area contributed by atoms with E-state index in [1.54, 1.807) is 31.2 Å². The Labute approximate surface area is 169 Å². The molecular formula is C23H21N3O3. The molecule has 1 aliphatic rings.